The average Bonchev–Trinajstić information content (AvgIpc) is 2.92. The van der Waals surface area contributed by atoms with Gasteiger partial charge in [0.15, 0.2) is 0 Å². The Kier molecular flexibility index (Phi) is 3.80. The van der Waals surface area contributed by atoms with Crippen LogP contribution < -0.4 is 5.73 Å². The first-order valence-electron chi connectivity index (χ1n) is 7.58. The first-order chi connectivity index (χ1) is 10.2. The highest BCUT2D eigenvalue weighted by molar-refractivity contribution is 5.83. The summed E-state index contributed by atoms with van der Waals surface area (Å²) in [6, 6.07) is 15.3. The van der Waals surface area contributed by atoms with Crippen LogP contribution in [0.5, 0.6) is 0 Å². The summed E-state index contributed by atoms with van der Waals surface area (Å²) < 4.78 is 2.36. The van der Waals surface area contributed by atoms with Crippen LogP contribution >= 0.6 is 0 Å². The molecule has 2 heteroatoms. The number of aromatic nitrogens is 1. The number of benzene rings is 2. The van der Waals surface area contributed by atoms with Gasteiger partial charge in [-0.05, 0) is 47.1 Å². The summed E-state index contributed by atoms with van der Waals surface area (Å²) in [5, 5.41) is 1.32. The minimum absolute atomic E-state index is 0.605. The highest BCUT2D eigenvalue weighted by atomic mass is 15.0. The van der Waals surface area contributed by atoms with Crippen molar-refractivity contribution in [3.05, 3.63) is 70.9 Å². The second-order valence-corrected chi connectivity index (χ2v) is 5.62. The van der Waals surface area contributed by atoms with Gasteiger partial charge in [0.05, 0.1) is 5.52 Å². The first kappa shape index (κ1) is 13.9. The van der Waals surface area contributed by atoms with E-state index in [0.29, 0.717) is 6.54 Å². The van der Waals surface area contributed by atoms with Crippen LogP contribution in [0.1, 0.15) is 29.2 Å². The molecule has 3 rings (SSSR count). The van der Waals surface area contributed by atoms with Crippen molar-refractivity contribution in [1.82, 2.24) is 4.57 Å². The Hall–Kier alpha value is -2.06. The number of rotatable bonds is 4. The largest absolute Gasteiger partial charge is 0.343 e. The molecule has 21 heavy (non-hydrogen) atoms. The Bertz CT molecular complexity index is 768. The number of fused-ring (bicyclic) bond motifs is 1. The molecule has 0 bridgehead atoms. The van der Waals surface area contributed by atoms with Gasteiger partial charge in [0.2, 0.25) is 0 Å². The fourth-order valence-electron chi connectivity index (χ4n) is 3.00. The number of aryl methyl sites for hydroxylation is 2. The zero-order chi connectivity index (χ0) is 14.8. The van der Waals surface area contributed by atoms with E-state index < -0.39 is 0 Å². The van der Waals surface area contributed by atoms with Crippen molar-refractivity contribution in [2.45, 2.75) is 33.4 Å². The Balaban J connectivity index is 2.02. The van der Waals surface area contributed by atoms with Crippen molar-refractivity contribution < 1.29 is 0 Å². The number of nitrogens with two attached hydrogens (primary N) is 1. The van der Waals surface area contributed by atoms with E-state index in [1.807, 2.05) is 0 Å². The van der Waals surface area contributed by atoms with Crippen LogP contribution in [0.25, 0.3) is 10.9 Å². The van der Waals surface area contributed by atoms with E-state index in [9.17, 15) is 0 Å². The highest BCUT2D eigenvalue weighted by Crippen LogP contribution is 2.23. The van der Waals surface area contributed by atoms with E-state index in [1.54, 1.807) is 0 Å². The van der Waals surface area contributed by atoms with Crippen LogP contribution in [-0.4, -0.2) is 4.57 Å². The van der Waals surface area contributed by atoms with E-state index in [-0.39, 0.29) is 0 Å². The van der Waals surface area contributed by atoms with Crippen molar-refractivity contribution in [3.8, 4) is 0 Å². The Morgan fingerprint density at radius 1 is 1.05 bits per heavy atom. The molecule has 108 valence electrons. The standard InChI is InChI=1S/C19H22N2/c1-3-16-5-4-6-17-9-10-21(19(16)17)13-18-8-7-15(12-20)11-14(18)2/h4-11H,3,12-13,20H2,1-2H3. The minimum atomic E-state index is 0.605. The third-order valence-electron chi connectivity index (χ3n) is 4.24. The van der Waals surface area contributed by atoms with E-state index >= 15 is 0 Å². The zero-order valence-electron chi connectivity index (χ0n) is 12.8. The fraction of sp³-hybridized carbons (Fsp3) is 0.263. The fourth-order valence-corrected chi connectivity index (χ4v) is 3.00. The molecule has 1 heterocycles. The molecule has 1 aromatic heterocycles. The third kappa shape index (κ3) is 2.59. The maximum absolute atomic E-state index is 5.71. The molecule has 0 spiro atoms. The number of hydrogen-bond donors (Lipinski definition) is 1. The lowest BCUT2D eigenvalue weighted by Gasteiger charge is -2.12. The summed E-state index contributed by atoms with van der Waals surface area (Å²) in [7, 11) is 0. The van der Waals surface area contributed by atoms with Gasteiger partial charge in [-0.25, -0.2) is 0 Å². The molecule has 0 aliphatic heterocycles. The molecule has 0 saturated carbocycles. The molecule has 2 N–H and O–H groups in total. The van der Waals surface area contributed by atoms with Crippen LogP contribution in [0.4, 0.5) is 0 Å². The van der Waals surface area contributed by atoms with Gasteiger partial charge in [0, 0.05) is 19.3 Å². The molecule has 2 aromatic carbocycles. The molecule has 0 unspecified atom stereocenters. The van der Waals surface area contributed by atoms with E-state index in [4.69, 9.17) is 5.73 Å². The van der Waals surface area contributed by atoms with Crippen molar-refractivity contribution in [1.29, 1.82) is 0 Å². The van der Waals surface area contributed by atoms with Crippen LogP contribution in [0.2, 0.25) is 0 Å². The van der Waals surface area contributed by atoms with Gasteiger partial charge < -0.3 is 10.3 Å². The smallest absolute Gasteiger partial charge is 0.0515 e. The molecule has 0 fully saturated rings. The second-order valence-electron chi connectivity index (χ2n) is 5.62. The maximum Gasteiger partial charge on any atom is 0.0515 e. The van der Waals surface area contributed by atoms with Crippen LogP contribution in [0.15, 0.2) is 48.7 Å². The van der Waals surface area contributed by atoms with E-state index in [1.165, 1.54) is 33.2 Å². The molecule has 3 aromatic rings. The predicted octanol–water partition coefficient (Wildman–Crippen LogP) is 4.02. The molecule has 0 amide bonds. The predicted molar refractivity (Wildman–Crippen MR) is 89.5 cm³/mol. The number of hydrogen-bond acceptors (Lipinski definition) is 1. The van der Waals surface area contributed by atoms with Crippen molar-refractivity contribution >= 4 is 10.9 Å². The zero-order valence-corrected chi connectivity index (χ0v) is 12.8. The Morgan fingerprint density at radius 2 is 1.90 bits per heavy atom. The highest BCUT2D eigenvalue weighted by Gasteiger charge is 2.07. The van der Waals surface area contributed by atoms with Gasteiger partial charge >= 0.3 is 0 Å². The lowest BCUT2D eigenvalue weighted by Crippen LogP contribution is -2.03. The second kappa shape index (κ2) is 5.74. The molecule has 0 aliphatic carbocycles. The van der Waals surface area contributed by atoms with Gasteiger partial charge in [-0.2, -0.15) is 0 Å². The Morgan fingerprint density at radius 3 is 2.62 bits per heavy atom. The SMILES string of the molecule is CCc1cccc2ccn(Cc3ccc(CN)cc3C)c12. The lowest BCUT2D eigenvalue weighted by atomic mass is 10.0. The van der Waals surface area contributed by atoms with Gasteiger partial charge in [0.1, 0.15) is 0 Å². The monoisotopic (exact) mass is 278 g/mol. The minimum Gasteiger partial charge on any atom is -0.343 e. The van der Waals surface area contributed by atoms with Crippen LogP contribution in [0, 0.1) is 6.92 Å². The number of nitrogens with zero attached hydrogens (tertiary/aromatic N) is 1. The molecule has 0 aliphatic rings. The molecule has 0 saturated heterocycles. The van der Waals surface area contributed by atoms with Crippen molar-refractivity contribution in [2.75, 3.05) is 0 Å². The summed E-state index contributed by atoms with van der Waals surface area (Å²) in [5.74, 6) is 0. The quantitative estimate of drug-likeness (QED) is 0.768. The van der Waals surface area contributed by atoms with Crippen LogP contribution in [0.3, 0.4) is 0 Å². The van der Waals surface area contributed by atoms with Crippen molar-refractivity contribution in [3.63, 3.8) is 0 Å². The van der Waals surface area contributed by atoms with Gasteiger partial charge in [-0.15, -0.1) is 0 Å². The molecule has 2 nitrogen and oxygen atoms in total. The van der Waals surface area contributed by atoms with E-state index in [0.717, 1.165) is 13.0 Å². The Labute approximate surface area is 126 Å². The van der Waals surface area contributed by atoms with Gasteiger partial charge in [0.25, 0.3) is 0 Å². The average molecular weight is 278 g/mol. The van der Waals surface area contributed by atoms with E-state index in [2.05, 4.69) is 67.1 Å². The normalized spacial score (nSPS) is 11.2. The molecular weight excluding hydrogens is 256 g/mol. The first-order valence-corrected chi connectivity index (χ1v) is 7.58. The summed E-state index contributed by atoms with van der Waals surface area (Å²) in [5.41, 5.74) is 12.4. The lowest BCUT2D eigenvalue weighted by molar-refractivity contribution is 0.823. The molecule has 0 atom stereocenters. The maximum atomic E-state index is 5.71. The van der Waals surface area contributed by atoms with Gasteiger partial charge in [-0.3, -0.25) is 0 Å². The summed E-state index contributed by atoms with van der Waals surface area (Å²) in [4.78, 5) is 0. The summed E-state index contributed by atoms with van der Waals surface area (Å²) in [6.45, 7) is 5.90. The molecular formula is C19H22N2. The summed E-state index contributed by atoms with van der Waals surface area (Å²) >= 11 is 0. The molecule has 0 radical (unpaired) electrons. The third-order valence-corrected chi connectivity index (χ3v) is 4.24. The summed E-state index contributed by atoms with van der Waals surface area (Å²) in [6.07, 6.45) is 3.26. The van der Waals surface area contributed by atoms with Crippen LogP contribution in [-0.2, 0) is 19.5 Å². The van der Waals surface area contributed by atoms with Gasteiger partial charge in [-0.1, -0.05) is 43.3 Å². The van der Waals surface area contributed by atoms with Crippen molar-refractivity contribution in [2.24, 2.45) is 5.73 Å². The topological polar surface area (TPSA) is 30.9 Å². The number of para-hydroxylation sites is 1.